The summed E-state index contributed by atoms with van der Waals surface area (Å²) in [6.07, 6.45) is -1.14. The first kappa shape index (κ1) is 20.3. The summed E-state index contributed by atoms with van der Waals surface area (Å²) in [6.45, 7) is 4.27. The highest BCUT2D eigenvalue weighted by Gasteiger charge is 2.29. The Labute approximate surface area is 151 Å². The predicted molar refractivity (Wildman–Crippen MR) is 89.5 cm³/mol. The van der Waals surface area contributed by atoms with Crippen molar-refractivity contribution >= 4 is 21.9 Å². The number of benzene rings is 1. The van der Waals surface area contributed by atoms with Crippen molar-refractivity contribution in [2.45, 2.75) is 24.8 Å². The van der Waals surface area contributed by atoms with Crippen molar-refractivity contribution in [3.8, 4) is 0 Å². The fourth-order valence-electron chi connectivity index (χ4n) is 2.35. The Morgan fingerprint density at radius 3 is 2.62 bits per heavy atom. The first-order valence-corrected chi connectivity index (χ1v) is 9.57. The zero-order valence-corrected chi connectivity index (χ0v) is 15.3. The van der Waals surface area contributed by atoms with Crippen LogP contribution in [0.5, 0.6) is 0 Å². The van der Waals surface area contributed by atoms with Gasteiger partial charge in [-0.25, -0.2) is 17.6 Å². The first-order valence-electron chi connectivity index (χ1n) is 8.13. The smallest absolute Gasteiger partial charge is 0.341 e. The molecule has 0 saturated carbocycles. The highest BCUT2D eigenvalue weighted by atomic mass is 32.2. The van der Waals surface area contributed by atoms with Gasteiger partial charge in [0.15, 0.2) is 6.10 Å². The van der Waals surface area contributed by atoms with Gasteiger partial charge in [0.1, 0.15) is 5.82 Å². The molecule has 1 fully saturated rings. The number of rotatable bonds is 6. The van der Waals surface area contributed by atoms with Crippen LogP contribution in [0.1, 0.15) is 24.2 Å². The molecule has 2 rings (SSSR count). The maximum Gasteiger partial charge on any atom is 0.341 e. The molecule has 1 N–H and O–H groups in total. The van der Waals surface area contributed by atoms with E-state index in [1.165, 1.54) is 11.2 Å². The molecule has 0 radical (unpaired) electrons. The van der Waals surface area contributed by atoms with Crippen LogP contribution < -0.4 is 5.32 Å². The Morgan fingerprint density at radius 1 is 1.35 bits per heavy atom. The number of amides is 1. The standard InChI is InChI=1S/C16H21FN2O6S/c1-3-18-15(20)11(2)25-16(21)13-10-12(4-5-14(13)17)26(22,23)19-6-8-24-9-7-19/h4-5,10-11H,3,6-9H2,1-2H3,(H,18,20)/t11-/m0/s1. The molecule has 8 nitrogen and oxygen atoms in total. The van der Waals surface area contributed by atoms with Crippen molar-refractivity contribution in [2.75, 3.05) is 32.8 Å². The molecule has 0 spiro atoms. The highest BCUT2D eigenvalue weighted by Crippen LogP contribution is 2.21. The van der Waals surface area contributed by atoms with Gasteiger partial charge in [-0.3, -0.25) is 4.79 Å². The van der Waals surface area contributed by atoms with Crippen LogP contribution in [0.3, 0.4) is 0 Å². The lowest BCUT2D eigenvalue weighted by Crippen LogP contribution is -2.40. The van der Waals surface area contributed by atoms with Crippen LogP contribution >= 0.6 is 0 Å². The fourth-order valence-corrected chi connectivity index (χ4v) is 3.79. The Balaban J connectivity index is 2.23. The van der Waals surface area contributed by atoms with Gasteiger partial charge in [-0.2, -0.15) is 4.31 Å². The minimum atomic E-state index is -3.89. The van der Waals surface area contributed by atoms with Gasteiger partial charge in [-0.05, 0) is 32.0 Å². The summed E-state index contributed by atoms with van der Waals surface area (Å²) in [5, 5.41) is 2.47. The van der Waals surface area contributed by atoms with Crippen molar-refractivity contribution in [3.05, 3.63) is 29.6 Å². The number of carbonyl (C=O) groups is 2. The molecule has 26 heavy (non-hydrogen) atoms. The number of sulfonamides is 1. The van der Waals surface area contributed by atoms with Gasteiger partial charge in [0, 0.05) is 19.6 Å². The molecule has 0 unspecified atom stereocenters. The van der Waals surface area contributed by atoms with E-state index in [0.717, 1.165) is 18.2 Å². The molecule has 1 heterocycles. The molecule has 0 aliphatic carbocycles. The molecule has 1 aliphatic heterocycles. The number of esters is 1. The monoisotopic (exact) mass is 388 g/mol. The summed E-state index contributed by atoms with van der Waals surface area (Å²) < 4.78 is 50.5. The molecular weight excluding hydrogens is 367 g/mol. The highest BCUT2D eigenvalue weighted by molar-refractivity contribution is 7.89. The molecule has 0 bridgehead atoms. The Bertz CT molecular complexity index is 777. The number of ether oxygens (including phenoxy) is 2. The van der Waals surface area contributed by atoms with E-state index in [2.05, 4.69) is 5.32 Å². The van der Waals surface area contributed by atoms with Crippen LogP contribution in [0.4, 0.5) is 4.39 Å². The molecule has 1 saturated heterocycles. The maximum atomic E-state index is 14.0. The van der Waals surface area contributed by atoms with E-state index in [1.807, 2.05) is 0 Å². The van der Waals surface area contributed by atoms with Crippen LogP contribution in [0, 0.1) is 5.82 Å². The fraction of sp³-hybridized carbons (Fsp3) is 0.500. The number of morpholine rings is 1. The van der Waals surface area contributed by atoms with Crippen molar-refractivity contribution < 1.29 is 31.9 Å². The Morgan fingerprint density at radius 2 is 2.00 bits per heavy atom. The summed E-state index contributed by atoms with van der Waals surface area (Å²) in [5.74, 6) is -2.57. The number of hydrogen-bond donors (Lipinski definition) is 1. The van der Waals surface area contributed by atoms with E-state index in [1.54, 1.807) is 6.92 Å². The van der Waals surface area contributed by atoms with Crippen LogP contribution in [0.25, 0.3) is 0 Å². The van der Waals surface area contributed by atoms with Gasteiger partial charge < -0.3 is 14.8 Å². The molecular formula is C16H21FN2O6S. The minimum absolute atomic E-state index is 0.174. The van der Waals surface area contributed by atoms with Crippen molar-refractivity contribution in [2.24, 2.45) is 0 Å². The minimum Gasteiger partial charge on any atom is -0.449 e. The number of nitrogens with zero attached hydrogens (tertiary/aromatic N) is 1. The van der Waals surface area contributed by atoms with Gasteiger partial charge in [0.2, 0.25) is 10.0 Å². The predicted octanol–water partition coefficient (Wildman–Crippen LogP) is 0.528. The molecule has 10 heteroatoms. The SMILES string of the molecule is CCNC(=O)[C@H](C)OC(=O)c1cc(S(=O)(=O)N2CCOCC2)ccc1F. The molecule has 1 aromatic rings. The molecule has 0 aromatic heterocycles. The van der Waals surface area contributed by atoms with Gasteiger partial charge in [-0.1, -0.05) is 0 Å². The largest absolute Gasteiger partial charge is 0.449 e. The molecule has 1 aliphatic rings. The molecule has 1 atom stereocenters. The third-order valence-electron chi connectivity index (χ3n) is 3.77. The van der Waals surface area contributed by atoms with E-state index < -0.39 is 39.4 Å². The van der Waals surface area contributed by atoms with Crippen molar-refractivity contribution in [1.82, 2.24) is 9.62 Å². The average Bonchev–Trinajstić information content (AvgIpc) is 2.62. The lowest BCUT2D eigenvalue weighted by atomic mass is 10.2. The third-order valence-corrected chi connectivity index (χ3v) is 5.66. The van der Waals surface area contributed by atoms with Crippen LogP contribution in [0.15, 0.2) is 23.1 Å². The van der Waals surface area contributed by atoms with Crippen LogP contribution in [-0.2, 0) is 24.3 Å². The van der Waals surface area contributed by atoms with Crippen molar-refractivity contribution in [1.29, 1.82) is 0 Å². The Hall–Kier alpha value is -2.04. The summed E-state index contributed by atoms with van der Waals surface area (Å²) in [4.78, 5) is 23.6. The summed E-state index contributed by atoms with van der Waals surface area (Å²) in [6, 6.07) is 2.90. The Kier molecular flexibility index (Phi) is 6.68. The van der Waals surface area contributed by atoms with Crippen LogP contribution in [0.2, 0.25) is 0 Å². The molecule has 1 amide bonds. The van der Waals surface area contributed by atoms with E-state index in [-0.39, 0.29) is 31.2 Å². The zero-order chi connectivity index (χ0) is 19.3. The van der Waals surface area contributed by atoms with E-state index in [0.29, 0.717) is 6.54 Å². The van der Waals surface area contributed by atoms with Gasteiger partial charge in [0.25, 0.3) is 5.91 Å². The first-order chi connectivity index (χ1) is 12.3. The molecule has 144 valence electrons. The topological polar surface area (TPSA) is 102 Å². The van der Waals surface area contributed by atoms with Crippen LogP contribution in [-0.4, -0.2) is 63.6 Å². The van der Waals surface area contributed by atoms with E-state index in [4.69, 9.17) is 9.47 Å². The zero-order valence-electron chi connectivity index (χ0n) is 14.5. The van der Waals surface area contributed by atoms with Gasteiger partial charge in [-0.15, -0.1) is 0 Å². The maximum absolute atomic E-state index is 14.0. The average molecular weight is 388 g/mol. The second kappa shape index (κ2) is 8.56. The number of nitrogens with one attached hydrogen (secondary N) is 1. The molecule has 1 aromatic carbocycles. The number of hydrogen-bond acceptors (Lipinski definition) is 6. The number of halogens is 1. The van der Waals surface area contributed by atoms with Gasteiger partial charge >= 0.3 is 5.97 Å². The summed E-state index contributed by atoms with van der Waals surface area (Å²) >= 11 is 0. The number of likely N-dealkylation sites (N-methyl/N-ethyl adjacent to an activating group) is 1. The van der Waals surface area contributed by atoms with E-state index >= 15 is 0 Å². The number of carbonyl (C=O) groups excluding carboxylic acids is 2. The lowest BCUT2D eigenvalue weighted by molar-refractivity contribution is -0.128. The third kappa shape index (κ3) is 4.57. The second-order valence-electron chi connectivity index (χ2n) is 5.60. The van der Waals surface area contributed by atoms with Gasteiger partial charge in [0.05, 0.1) is 23.7 Å². The van der Waals surface area contributed by atoms with Crippen molar-refractivity contribution in [3.63, 3.8) is 0 Å². The summed E-state index contributed by atoms with van der Waals surface area (Å²) in [5.41, 5.74) is -0.546. The quantitative estimate of drug-likeness (QED) is 0.713. The second-order valence-corrected chi connectivity index (χ2v) is 7.54. The normalized spacial score (nSPS) is 16.7. The summed E-state index contributed by atoms with van der Waals surface area (Å²) in [7, 11) is -3.89. The van der Waals surface area contributed by atoms with E-state index in [9.17, 15) is 22.4 Å². The lowest BCUT2D eigenvalue weighted by Gasteiger charge is -2.26.